The van der Waals surface area contributed by atoms with E-state index in [-0.39, 0.29) is 11.2 Å². The Hall–Kier alpha value is -2.26. The van der Waals surface area contributed by atoms with Crippen molar-refractivity contribution >= 4 is 34.1 Å². The van der Waals surface area contributed by atoms with Crippen LogP contribution in [0.25, 0.3) is 11.3 Å². The average Bonchev–Trinajstić information content (AvgIpc) is 3.44. The van der Waals surface area contributed by atoms with Crippen LogP contribution in [0.1, 0.15) is 38.6 Å². The molecule has 27 heavy (non-hydrogen) atoms. The maximum Gasteiger partial charge on any atom is 0.239 e. The van der Waals surface area contributed by atoms with Gasteiger partial charge in [0.25, 0.3) is 0 Å². The second kappa shape index (κ2) is 8.18. The van der Waals surface area contributed by atoms with Gasteiger partial charge in [0, 0.05) is 10.9 Å². The summed E-state index contributed by atoms with van der Waals surface area (Å²) in [6.45, 7) is 1.86. The van der Waals surface area contributed by atoms with Gasteiger partial charge in [-0.25, -0.2) is 9.67 Å². The minimum atomic E-state index is -0.319. The Morgan fingerprint density at radius 3 is 2.85 bits per heavy atom. The lowest BCUT2D eigenvalue weighted by molar-refractivity contribution is -0.115. The molecule has 1 atom stereocenters. The van der Waals surface area contributed by atoms with Crippen LogP contribution < -0.4 is 5.32 Å². The highest BCUT2D eigenvalue weighted by atomic mass is 32.2. The first-order valence-corrected chi connectivity index (χ1v) is 10.7. The zero-order chi connectivity index (χ0) is 18.6. The monoisotopic (exact) mass is 400 g/mol. The molecule has 3 aromatic rings. The van der Waals surface area contributed by atoms with E-state index in [1.807, 2.05) is 47.3 Å². The van der Waals surface area contributed by atoms with E-state index in [1.54, 1.807) is 0 Å². The third-order valence-electron chi connectivity index (χ3n) is 4.59. The standard InChI is InChI=1S/C18H20N6OS2/c1-12(27-18-21-22-23-24(18)14-9-5-6-10-14)16(25)20-17-19-15(11-26-17)13-7-3-2-4-8-13/h2-4,7-8,11-12,14H,5-6,9-10H2,1H3,(H,19,20,25). The molecule has 2 aromatic heterocycles. The fraction of sp³-hybridized carbons (Fsp3) is 0.389. The van der Waals surface area contributed by atoms with Gasteiger partial charge in [0.2, 0.25) is 11.1 Å². The smallest absolute Gasteiger partial charge is 0.239 e. The predicted molar refractivity (Wildman–Crippen MR) is 107 cm³/mol. The first-order chi connectivity index (χ1) is 13.2. The molecule has 1 aliphatic carbocycles. The van der Waals surface area contributed by atoms with Crippen LogP contribution in [0.2, 0.25) is 0 Å². The number of benzene rings is 1. The van der Waals surface area contributed by atoms with Gasteiger partial charge in [0.05, 0.1) is 17.0 Å². The normalized spacial score (nSPS) is 15.7. The number of aromatic nitrogens is 5. The number of tetrazole rings is 1. The number of nitrogens with one attached hydrogen (secondary N) is 1. The van der Waals surface area contributed by atoms with Gasteiger partial charge < -0.3 is 5.32 Å². The number of rotatable bonds is 6. The van der Waals surface area contributed by atoms with Gasteiger partial charge in [0.15, 0.2) is 5.13 Å². The zero-order valence-electron chi connectivity index (χ0n) is 14.9. The molecule has 0 radical (unpaired) electrons. The molecular weight excluding hydrogens is 380 g/mol. The van der Waals surface area contributed by atoms with Crippen molar-refractivity contribution < 1.29 is 4.79 Å². The van der Waals surface area contributed by atoms with Gasteiger partial charge in [-0.1, -0.05) is 54.9 Å². The lowest BCUT2D eigenvalue weighted by Crippen LogP contribution is -2.23. The number of hydrogen-bond acceptors (Lipinski definition) is 7. The fourth-order valence-corrected chi connectivity index (χ4v) is 4.71. The minimum absolute atomic E-state index is 0.102. The number of anilines is 1. The van der Waals surface area contributed by atoms with Crippen molar-refractivity contribution in [2.75, 3.05) is 5.32 Å². The Bertz CT molecular complexity index is 903. The number of amides is 1. The third kappa shape index (κ3) is 4.19. The molecule has 0 bridgehead atoms. The first kappa shape index (κ1) is 18.1. The molecule has 1 fully saturated rings. The van der Waals surface area contributed by atoms with Crippen LogP contribution in [0, 0.1) is 0 Å². The largest absolute Gasteiger partial charge is 0.301 e. The topological polar surface area (TPSA) is 85.6 Å². The molecule has 7 nitrogen and oxygen atoms in total. The number of carbonyl (C=O) groups excluding carboxylic acids is 1. The molecule has 1 aromatic carbocycles. The molecule has 1 saturated carbocycles. The molecule has 0 spiro atoms. The highest BCUT2D eigenvalue weighted by Gasteiger charge is 2.25. The first-order valence-electron chi connectivity index (χ1n) is 8.97. The second-order valence-electron chi connectivity index (χ2n) is 6.50. The van der Waals surface area contributed by atoms with Crippen LogP contribution in [0.4, 0.5) is 5.13 Å². The lowest BCUT2D eigenvalue weighted by atomic mass is 10.2. The Kier molecular flexibility index (Phi) is 5.49. The van der Waals surface area contributed by atoms with Gasteiger partial charge in [-0.2, -0.15) is 0 Å². The Labute approximate surface area is 165 Å². The predicted octanol–water partition coefficient (Wildman–Crippen LogP) is 4.03. The molecule has 1 N–H and O–H groups in total. The van der Waals surface area contributed by atoms with Crippen LogP contribution in [0.3, 0.4) is 0 Å². The van der Waals surface area contributed by atoms with Crippen LogP contribution >= 0.6 is 23.1 Å². The Morgan fingerprint density at radius 2 is 2.07 bits per heavy atom. The van der Waals surface area contributed by atoms with Gasteiger partial charge in [-0.3, -0.25) is 4.79 Å². The van der Waals surface area contributed by atoms with Gasteiger partial charge in [-0.05, 0) is 30.2 Å². The van der Waals surface area contributed by atoms with E-state index in [2.05, 4.69) is 25.8 Å². The fourth-order valence-electron chi connectivity index (χ4n) is 3.13. The highest BCUT2D eigenvalue weighted by Crippen LogP contribution is 2.33. The molecule has 1 amide bonds. The quantitative estimate of drug-likeness (QED) is 0.629. The summed E-state index contributed by atoms with van der Waals surface area (Å²) in [4.78, 5) is 17.1. The van der Waals surface area contributed by atoms with Gasteiger partial charge in [-0.15, -0.1) is 16.4 Å². The van der Waals surface area contributed by atoms with E-state index in [1.165, 1.54) is 35.9 Å². The molecular formula is C18H20N6OS2. The van der Waals surface area contributed by atoms with Crippen LogP contribution in [-0.2, 0) is 4.79 Å². The van der Waals surface area contributed by atoms with E-state index in [0.717, 1.165) is 24.1 Å². The van der Waals surface area contributed by atoms with Gasteiger partial charge >= 0.3 is 0 Å². The van der Waals surface area contributed by atoms with Gasteiger partial charge in [0.1, 0.15) is 0 Å². The SMILES string of the molecule is CC(Sc1nnnn1C1CCCC1)C(=O)Nc1nc(-c2ccccc2)cs1. The maximum atomic E-state index is 12.6. The molecule has 0 saturated heterocycles. The summed E-state index contributed by atoms with van der Waals surface area (Å²) in [5.41, 5.74) is 1.90. The zero-order valence-corrected chi connectivity index (χ0v) is 16.5. The van der Waals surface area contributed by atoms with Crippen LogP contribution in [0.5, 0.6) is 0 Å². The molecule has 140 valence electrons. The van der Waals surface area contributed by atoms with Crippen molar-refractivity contribution in [2.24, 2.45) is 0 Å². The van der Waals surface area contributed by atoms with E-state index in [4.69, 9.17) is 0 Å². The minimum Gasteiger partial charge on any atom is -0.301 e. The highest BCUT2D eigenvalue weighted by molar-refractivity contribution is 8.00. The maximum absolute atomic E-state index is 12.6. The number of carbonyl (C=O) groups is 1. The summed E-state index contributed by atoms with van der Waals surface area (Å²) in [5.74, 6) is -0.102. The molecule has 1 unspecified atom stereocenters. The lowest BCUT2D eigenvalue weighted by Gasteiger charge is -2.13. The summed E-state index contributed by atoms with van der Waals surface area (Å²) in [6.07, 6.45) is 4.61. The molecule has 2 heterocycles. The van der Waals surface area contributed by atoms with Crippen molar-refractivity contribution in [3.63, 3.8) is 0 Å². The van der Waals surface area contributed by atoms with Crippen molar-refractivity contribution in [1.82, 2.24) is 25.2 Å². The van der Waals surface area contributed by atoms with Crippen molar-refractivity contribution in [2.45, 2.75) is 49.1 Å². The number of thioether (sulfide) groups is 1. The summed E-state index contributed by atoms with van der Waals surface area (Å²) >= 11 is 2.81. The van der Waals surface area contributed by atoms with E-state index in [0.29, 0.717) is 16.3 Å². The second-order valence-corrected chi connectivity index (χ2v) is 8.66. The summed E-state index contributed by atoms with van der Waals surface area (Å²) in [6, 6.07) is 10.3. The summed E-state index contributed by atoms with van der Waals surface area (Å²) < 4.78 is 1.87. The van der Waals surface area contributed by atoms with E-state index >= 15 is 0 Å². The van der Waals surface area contributed by atoms with Crippen LogP contribution in [0.15, 0.2) is 40.9 Å². The molecule has 9 heteroatoms. The average molecular weight is 401 g/mol. The van der Waals surface area contributed by atoms with E-state index < -0.39 is 0 Å². The Balaban J connectivity index is 1.39. The van der Waals surface area contributed by atoms with Crippen molar-refractivity contribution in [1.29, 1.82) is 0 Å². The summed E-state index contributed by atoms with van der Waals surface area (Å²) in [7, 11) is 0. The molecule has 4 rings (SSSR count). The van der Waals surface area contributed by atoms with Crippen LogP contribution in [-0.4, -0.2) is 36.3 Å². The third-order valence-corrected chi connectivity index (χ3v) is 6.39. The number of hydrogen-bond donors (Lipinski definition) is 1. The van der Waals surface area contributed by atoms with Crippen molar-refractivity contribution in [3.8, 4) is 11.3 Å². The summed E-state index contributed by atoms with van der Waals surface area (Å²) in [5, 5.41) is 17.9. The van der Waals surface area contributed by atoms with Crippen molar-refractivity contribution in [3.05, 3.63) is 35.7 Å². The molecule has 0 aliphatic heterocycles. The number of nitrogens with zero attached hydrogens (tertiary/aromatic N) is 5. The molecule has 1 aliphatic rings. The Morgan fingerprint density at radius 1 is 1.30 bits per heavy atom. The van der Waals surface area contributed by atoms with E-state index in [9.17, 15) is 4.79 Å². The number of thiazole rings is 1.